The maximum atomic E-state index is 5.50. The average molecular weight is 266 g/mol. The van der Waals surface area contributed by atoms with Gasteiger partial charge in [-0.2, -0.15) is 5.10 Å². The minimum atomic E-state index is 0.479. The molecule has 1 aliphatic heterocycles. The second kappa shape index (κ2) is 6.39. The summed E-state index contributed by atoms with van der Waals surface area (Å²) in [6, 6.07) is 0.479. The van der Waals surface area contributed by atoms with Crippen LogP contribution in [0.5, 0.6) is 0 Å². The fourth-order valence-corrected chi connectivity index (χ4v) is 2.56. The number of nitrogens with one attached hydrogen (secondary N) is 1. The highest BCUT2D eigenvalue weighted by atomic mass is 16.5. The zero-order chi connectivity index (χ0) is 13.8. The first kappa shape index (κ1) is 14.3. The number of hydrogen-bond donors (Lipinski definition) is 1. The monoisotopic (exact) mass is 266 g/mol. The van der Waals surface area contributed by atoms with Gasteiger partial charge in [-0.15, -0.1) is 0 Å². The molecule has 1 atom stereocenters. The summed E-state index contributed by atoms with van der Waals surface area (Å²) in [7, 11) is 2.01. The van der Waals surface area contributed by atoms with E-state index in [1.165, 1.54) is 5.56 Å². The molecule has 0 bridgehead atoms. The molecule has 1 aliphatic rings. The van der Waals surface area contributed by atoms with E-state index in [9.17, 15) is 0 Å². The van der Waals surface area contributed by atoms with Crippen molar-refractivity contribution in [3.63, 3.8) is 0 Å². The molecule has 5 heteroatoms. The zero-order valence-corrected chi connectivity index (χ0v) is 12.6. The number of aromatic nitrogens is 2. The molecule has 1 N–H and O–H groups in total. The van der Waals surface area contributed by atoms with Gasteiger partial charge in [-0.05, 0) is 20.3 Å². The Morgan fingerprint density at radius 2 is 2.26 bits per heavy atom. The molecule has 0 saturated carbocycles. The van der Waals surface area contributed by atoms with Crippen molar-refractivity contribution in [2.75, 3.05) is 31.6 Å². The minimum absolute atomic E-state index is 0.479. The molecule has 5 nitrogen and oxygen atoms in total. The molecule has 0 amide bonds. The van der Waals surface area contributed by atoms with E-state index >= 15 is 0 Å². The largest absolute Gasteiger partial charge is 0.379 e. The molecule has 0 spiro atoms. The van der Waals surface area contributed by atoms with Crippen LogP contribution in [-0.4, -0.2) is 47.0 Å². The van der Waals surface area contributed by atoms with Crippen LogP contribution < -0.4 is 5.32 Å². The Bertz CT molecular complexity index is 416. The van der Waals surface area contributed by atoms with Gasteiger partial charge in [0.2, 0.25) is 0 Å². The van der Waals surface area contributed by atoms with Crippen LogP contribution in [0.1, 0.15) is 31.5 Å². The fraction of sp³-hybridized carbons (Fsp3) is 0.786. The molecule has 0 aliphatic carbocycles. The quantitative estimate of drug-likeness (QED) is 0.882. The lowest BCUT2D eigenvalue weighted by Crippen LogP contribution is -2.43. The maximum absolute atomic E-state index is 5.50. The predicted octanol–water partition coefficient (Wildman–Crippen LogP) is 1.77. The minimum Gasteiger partial charge on any atom is -0.379 e. The Hall–Kier alpha value is -1.07. The summed E-state index contributed by atoms with van der Waals surface area (Å²) in [4.78, 5) is 2.48. The van der Waals surface area contributed by atoms with Crippen molar-refractivity contribution in [1.29, 1.82) is 0 Å². The van der Waals surface area contributed by atoms with Crippen molar-refractivity contribution in [2.24, 2.45) is 7.05 Å². The van der Waals surface area contributed by atoms with Gasteiger partial charge >= 0.3 is 0 Å². The second-order valence-corrected chi connectivity index (χ2v) is 5.36. The molecule has 108 valence electrons. The molecule has 2 rings (SSSR count). The van der Waals surface area contributed by atoms with Gasteiger partial charge in [0.25, 0.3) is 0 Å². The van der Waals surface area contributed by atoms with E-state index < -0.39 is 0 Å². The van der Waals surface area contributed by atoms with Crippen molar-refractivity contribution in [3.05, 3.63) is 11.3 Å². The van der Waals surface area contributed by atoms with Gasteiger partial charge in [-0.25, -0.2) is 0 Å². The Morgan fingerprint density at radius 1 is 1.47 bits per heavy atom. The summed E-state index contributed by atoms with van der Waals surface area (Å²) < 4.78 is 7.47. The number of morpholine rings is 1. The SMILES string of the molecule is CCCNc1c(CN2CCOCC2C)c(C)nn1C. The van der Waals surface area contributed by atoms with Gasteiger partial charge in [0.1, 0.15) is 5.82 Å². The first-order chi connectivity index (χ1) is 9.13. The van der Waals surface area contributed by atoms with Crippen LogP contribution in [0.15, 0.2) is 0 Å². The van der Waals surface area contributed by atoms with E-state index in [0.717, 1.165) is 50.8 Å². The summed E-state index contributed by atoms with van der Waals surface area (Å²) in [5.74, 6) is 1.16. The summed E-state index contributed by atoms with van der Waals surface area (Å²) in [5.41, 5.74) is 2.45. The maximum Gasteiger partial charge on any atom is 0.128 e. The van der Waals surface area contributed by atoms with E-state index in [2.05, 4.69) is 36.1 Å². The molecule has 0 aromatic carbocycles. The van der Waals surface area contributed by atoms with Crippen LogP contribution in [0.4, 0.5) is 5.82 Å². The van der Waals surface area contributed by atoms with E-state index in [-0.39, 0.29) is 0 Å². The first-order valence-corrected chi connectivity index (χ1v) is 7.21. The zero-order valence-electron chi connectivity index (χ0n) is 12.6. The van der Waals surface area contributed by atoms with Gasteiger partial charge in [-0.3, -0.25) is 9.58 Å². The summed E-state index contributed by atoms with van der Waals surface area (Å²) in [6.07, 6.45) is 1.12. The molecule has 1 unspecified atom stereocenters. The summed E-state index contributed by atoms with van der Waals surface area (Å²) in [5, 5.41) is 8.05. The highest BCUT2D eigenvalue weighted by molar-refractivity contribution is 5.47. The second-order valence-electron chi connectivity index (χ2n) is 5.36. The summed E-state index contributed by atoms with van der Waals surface area (Å²) in [6.45, 7) is 11.1. The van der Waals surface area contributed by atoms with Gasteiger partial charge in [-0.1, -0.05) is 6.92 Å². The molecule has 1 saturated heterocycles. The third kappa shape index (κ3) is 3.28. The third-order valence-electron chi connectivity index (χ3n) is 3.76. The van der Waals surface area contributed by atoms with Gasteiger partial charge in [0.15, 0.2) is 0 Å². The molecule has 1 aromatic heterocycles. The van der Waals surface area contributed by atoms with Crippen LogP contribution in [-0.2, 0) is 18.3 Å². The standard InChI is InChI=1S/C14H26N4O/c1-5-6-15-14-13(12(3)16-17(14)4)9-18-7-8-19-10-11(18)2/h11,15H,5-10H2,1-4H3. The van der Waals surface area contributed by atoms with Crippen LogP contribution in [0.25, 0.3) is 0 Å². The highest BCUT2D eigenvalue weighted by Gasteiger charge is 2.22. The Kier molecular flexibility index (Phi) is 4.82. The predicted molar refractivity (Wildman–Crippen MR) is 77.4 cm³/mol. The number of rotatable bonds is 5. The van der Waals surface area contributed by atoms with Crippen molar-refractivity contribution < 1.29 is 4.74 Å². The lowest BCUT2D eigenvalue weighted by atomic mass is 10.1. The van der Waals surface area contributed by atoms with Gasteiger partial charge in [0, 0.05) is 38.3 Å². The Labute approximate surface area is 115 Å². The van der Waals surface area contributed by atoms with Gasteiger partial charge in [0.05, 0.1) is 18.9 Å². The lowest BCUT2D eigenvalue weighted by molar-refractivity contribution is -0.00436. The van der Waals surface area contributed by atoms with Gasteiger partial charge < -0.3 is 10.1 Å². The molecule has 1 fully saturated rings. The molecular formula is C14H26N4O. The van der Waals surface area contributed by atoms with Crippen LogP contribution in [0, 0.1) is 6.92 Å². The molecule has 2 heterocycles. The van der Waals surface area contributed by atoms with E-state index in [4.69, 9.17) is 4.74 Å². The molecule has 1 aromatic rings. The van der Waals surface area contributed by atoms with Crippen molar-refractivity contribution in [2.45, 2.75) is 39.8 Å². The van der Waals surface area contributed by atoms with E-state index in [1.807, 2.05) is 11.7 Å². The molecule has 0 radical (unpaired) electrons. The van der Waals surface area contributed by atoms with E-state index in [1.54, 1.807) is 0 Å². The lowest BCUT2D eigenvalue weighted by Gasteiger charge is -2.33. The van der Waals surface area contributed by atoms with Crippen LogP contribution >= 0.6 is 0 Å². The number of anilines is 1. The Balaban J connectivity index is 2.13. The van der Waals surface area contributed by atoms with Crippen LogP contribution in [0.3, 0.4) is 0 Å². The molecule has 19 heavy (non-hydrogen) atoms. The fourth-order valence-electron chi connectivity index (χ4n) is 2.56. The number of aryl methyl sites for hydroxylation is 2. The van der Waals surface area contributed by atoms with Crippen molar-refractivity contribution in [3.8, 4) is 0 Å². The van der Waals surface area contributed by atoms with Crippen molar-refractivity contribution in [1.82, 2.24) is 14.7 Å². The number of hydrogen-bond acceptors (Lipinski definition) is 4. The topological polar surface area (TPSA) is 42.3 Å². The average Bonchev–Trinajstić information content (AvgIpc) is 2.65. The van der Waals surface area contributed by atoms with Crippen molar-refractivity contribution >= 4 is 5.82 Å². The molecular weight excluding hydrogens is 240 g/mol. The summed E-state index contributed by atoms with van der Waals surface area (Å²) >= 11 is 0. The first-order valence-electron chi connectivity index (χ1n) is 7.21. The Morgan fingerprint density at radius 3 is 2.95 bits per heavy atom. The highest BCUT2D eigenvalue weighted by Crippen LogP contribution is 2.22. The number of nitrogens with zero attached hydrogens (tertiary/aromatic N) is 3. The number of ether oxygens (including phenoxy) is 1. The third-order valence-corrected chi connectivity index (χ3v) is 3.76. The van der Waals surface area contributed by atoms with E-state index in [0.29, 0.717) is 6.04 Å². The smallest absolute Gasteiger partial charge is 0.128 e. The van der Waals surface area contributed by atoms with Crippen LogP contribution in [0.2, 0.25) is 0 Å². The normalized spacial score (nSPS) is 20.7.